The smallest absolute Gasteiger partial charge is 0.338 e. The molecule has 9 heteroatoms. The number of sulfonamides is 1. The molecule has 0 amide bonds. The van der Waals surface area contributed by atoms with Gasteiger partial charge < -0.3 is 14.2 Å². The maximum Gasteiger partial charge on any atom is 0.338 e. The van der Waals surface area contributed by atoms with Crippen LogP contribution >= 0.6 is 11.6 Å². The Labute approximate surface area is 168 Å². The van der Waals surface area contributed by atoms with Gasteiger partial charge in [-0.3, -0.25) is 0 Å². The van der Waals surface area contributed by atoms with E-state index in [2.05, 4.69) is 0 Å². The van der Waals surface area contributed by atoms with Crippen LogP contribution in [0.15, 0.2) is 47.4 Å². The Morgan fingerprint density at radius 2 is 1.82 bits per heavy atom. The van der Waals surface area contributed by atoms with Gasteiger partial charge in [0.2, 0.25) is 10.0 Å². The maximum atomic E-state index is 13.0. The lowest BCUT2D eigenvalue weighted by molar-refractivity contribution is 0.0472. The third kappa shape index (κ3) is 4.64. The van der Waals surface area contributed by atoms with Crippen LogP contribution in [0.3, 0.4) is 0 Å². The Balaban J connectivity index is 1.81. The molecular weight excluding hydrogens is 406 g/mol. The second-order valence-corrected chi connectivity index (χ2v) is 8.43. The van der Waals surface area contributed by atoms with E-state index in [-0.39, 0.29) is 35.9 Å². The highest BCUT2D eigenvalue weighted by Crippen LogP contribution is 2.28. The number of halogens is 1. The monoisotopic (exact) mass is 425 g/mol. The molecule has 3 rings (SSSR count). The molecule has 0 aromatic heterocycles. The van der Waals surface area contributed by atoms with E-state index >= 15 is 0 Å². The van der Waals surface area contributed by atoms with E-state index in [4.69, 9.17) is 25.8 Å². The summed E-state index contributed by atoms with van der Waals surface area (Å²) < 4.78 is 43.0. The zero-order chi connectivity index (χ0) is 20.1. The highest BCUT2D eigenvalue weighted by atomic mass is 35.5. The van der Waals surface area contributed by atoms with Crippen molar-refractivity contribution in [3.63, 3.8) is 0 Å². The summed E-state index contributed by atoms with van der Waals surface area (Å²) in [5.74, 6) is -0.461. The van der Waals surface area contributed by atoms with E-state index in [1.54, 1.807) is 24.3 Å². The van der Waals surface area contributed by atoms with Crippen molar-refractivity contribution in [1.29, 1.82) is 0 Å². The molecule has 28 heavy (non-hydrogen) atoms. The molecule has 2 aromatic carbocycles. The molecule has 1 aliphatic heterocycles. The van der Waals surface area contributed by atoms with Crippen molar-refractivity contribution in [2.75, 3.05) is 33.4 Å². The molecule has 0 atom stereocenters. The average Bonchev–Trinajstić information content (AvgIpc) is 2.73. The average molecular weight is 426 g/mol. The summed E-state index contributed by atoms with van der Waals surface area (Å²) in [5, 5.41) is 0.586. The molecule has 0 spiro atoms. The fraction of sp³-hybridized carbons (Fsp3) is 0.316. The second kappa shape index (κ2) is 8.91. The van der Waals surface area contributed by atoms with Gasteiger partial charge in [0.05, 0.1) is 25.9 Å². The van der Waals surface area contributed by atoms with Gasteiger partial charge in [0.15, 0.2) is 0 Å². The summed E-state index contributed by atoms with van der Waals surface area (Å²) in [7, 11) is -2.45. The first-order chi connectivity index (χ1) is 13.4. The Bertz CT molecular complexity index is 939. The van der Waals surface area contributed by atoms with Gasteiger partial charge in [-0.15, -0.1) is 0 Å². The molecule has 7 nitrogen and oxygen atoms in total. The highest BCUT2D eigenvalue weighted by Gasteiger charge is 2.30. The summed E-state index contributed by atoms with van der Waals surface area (Å²) in [6.45, 7) is 1.19. The SMILES string of the molecule is COc1ccc(C(=O)OCc2ccc(Cl)cc2)cc1S(=O)(=O)N1CCOCC1. The molecule has 0 radical (unpaired) electrons. The van der Waals surface area contributed by atoms with Gasteiger partial charge in [-0.1, -0.05) is 23.7 Å². The minimum atomic E-state index is -3.83. The van der Waals surface area contributed by atoms with E-state index in [0.717, 1.165) is 5.56 Å². The van der Waals surface area contributed by atoms with Crippen molar-refractivity contribution < 1.29 is 27.4 Å². The number of carbonyl (C=O) groups excluding carboxylic acids is 1. The van der Waals surface area contributed by atoms with Gasteiger partial charge in [0, 0.05) is 18.1 Å². The first kappa shape index (κ1) is 20.6. The van der Waals surface area contributed by atoms with E-state index in [0.29, 0.717) is 18.2 Å². The Hall–Kier alpha value is -2.13. The minimum Gasteiger partial charge on any atom is -0.495 e. The molecule has 1 aliphatic rings. The number of benzene rings is 2. The number of carbonyl (C=O) groups is 1. The Morgan fingerprint density at radius 3 is 2.46 bits per heavy atom. The first-order valence-electron chi connectivity index (χ1n) is 8.59. The van der Waals surface area contributed by atoms with Crippen molar-refractivity contribution >= 4 is 27.6 Å². The van der Waals surface area contributed by atoms with Crippen LogP contribution < -0.4 is 4.74 Å². The van der Waals surface area contributed by atoms with Crippen molar-refractivity contribution in [2.24, 2.45) is 0 Å². The van der Waals surface area contributed by atoms with Crippen LogP contribution in [0.2, 0.25) is 5.02 Å². The van der Waals surface area contributed by atoms with E-state index < -0.39 is 16.0 Å². The minimum absolute atomic E-state index is 0.0492. The standard InChI is InChI=1S/C19H20ClNO6S/c1-25-17-7-4-15(19(22)27-13-14-2-5-16(20)6-3-14)12-18(17)28(23,24)21-8-10-26-11-9-21/h2-7,12H,8-11,13H2,1H3. The zero-order valence-electron chi connectivity index (χ0n) is 15.3. The van der Waals surface area contributed by atoms with Crippen LogP contribution in [0.1, 0.15) is 15.9 Å². The number of hydrogen-bond donors (Lipinski definition) is 0. The first-order valence-corrected chi connectivity index (χ1v) is 10.4. The normalized spacial score (nSPS) is 15.2. The van der Waals surface area contributed by atoms with Gasteiger partial charge in [0.25, 0.3) is 0 Å². The van der Waals surface area contributed by atoms with Crippen LogP contribution in [0.25, 0.3) is 0 Å². The zero-order valence-corrected chi connectivity index (χ0v) is 16.8. The van der Waals surface area contributed by atoms with Crippen LogP contribution in [0.5, 0.6) is 5.75 Å². The lowest BCUT2D eigenvalue weighted by atomic mass is 10.2. The fourth-order valence-corrected chi connectivity index (χ4v) is 4.46. The van der Waals surface area contributed by atoms with Gasteiger partial charge >= 0.3 is 5.97 Å². The van der Waals surface area contributed by atoms with Crippen molar-refractivity contribution in [1.82, 2.24) is 4.31 Å². The number of ether oxygens (including phenoxy) is 3. The number of methoxy groups -OCH3 is 1. The lowest BCUT2D eigenvalue weighted by Crippen LogP contribution is -2.40. The number of morpholine rings is 1. The number of esters is 1. The predicted molar refractivity (Wildman–Crippen MR) is 103 cm³/mol. The highest BCUT2D eigenvalue weighted by molar-refractivity contribution is 7.89. The van der Waals surface area contributed by atoms with Gasteiger partial charge in [-0.25, -0.2) is 13.2 Å². The third-order valence-corrected chi connectivity index (χ3v) is 6.44. The third-order valence-electron chi connectivity index (χ3n) is 4.27. The summed E-state index contributed by atoms with van der Waals surface area (Å²) in [6, 6.07) is 11.1. The van der Waals surface area contributed by atoms with Crippen molar-refractivity contribution in [3.05, 3.63) is 58.6 Å². The molecule has 0 saturated carbocycles. The van der Waals surface area contributed by atoms with Crippen molar-refractivity contribution in [3.8, 4) is 5.75 Å². The maximum absolute atomic E-state index is 13.0. The van der Waals surface area contributed by atoms with Gasteiger partial charge in [-0.2, -0.15) is 4.31 Å². The lowest BCUT2D eigenvalue weighted by Gasteiger charge is -2.26. The van der Waals surface area contributed by atoms with E-state index in [1.807, 2.05) is 0 Å². The van der Waals surface area contributed by atoms with Crippen LogP contribution in [-0.4, -0.2) is 52.1 Å². The fourth-order valence-electron chi connectivity index (χ4n) is 2.74. The number of nitrogens with zero attached hydrogens (tertiary/aromatic N) is 1. The number of hydrogen-bond acceptors (Lipinski definition) is 6. The Kier molecular flexibility index (Phi) is 6.56. The largest absolute Gasteiger partial charge is 0.495 e. The Morgan fingerprint density at radius 1 is 1.14 bits per heavy atom. The summed E-state index contributed by atoms with van der Waals surface area (Å²) in [4.78, 5) is 12.4. The quantitative estimate of drug-likeness (QED) is 0.662. The van der Waals surface area contributed by atoms with E-state index in [1.165, 1.54) is 29.6 Å². The van der Waals surface area contributed by atoms with Gasteiger partial charge in [0.1, 0.15) is 17.3 Å². The molecular formula is C19H20ClNO6S. The molecule has 1 saturated heterocycles. The van der Waals surface area contributed by atoms with Crippen LogP contribution in [0.4, 0.5) is 0 Å². The summed E-state index contributed by atoms with van der Waals surface area (Å²) >= 11 is 5.83. The van der Waals surface area contributed by atoms with E-state index in [9.17, 15) is 13.2 Å². The second-order valence-electron chi connectivity index (χ2n) is 6.08. The molecule has 0 bridgehead atoms. The van der Waals surface area contributed by atoms with Gasteiger partial charge in [-0.05, 0) is 35.9 Å². The molecule has 0 unspecified atom stereocenters. The molecule has 1 fully saturated rings. The molecule has 2 aromatic rings. The molecule has 0 N–H and O–H groups in total. The molecule has 1 heterocycles. The summed E-state index contributed by atoms with van der Waals surface area (Å²) in [6.07, 6.45) is 0. The van der Waals surface area contributed by atoms with Crippen molar-refractivity contribution in [2.45, 2.75) is 11.5 Å². The molecule has 0 aliphatic carbocycles. The summed E-state index contributed by atoms with van der Waals surface area (Å²) in [5.41, 5.74) is 0.897. The predicted octanol–water partition coefficient (Wildman–Crippen LogP) is 2.73. The number of rotatable bonds is 6. The topological polar surface area (TPSA) is 82.1 Å². The molecule has 150 valence electrons. The van der Waals surface area contributed by atoms with Crippen LogP contribution in [0, 0.1) is 0 Å². The van der Waals surface area contributed by atoms with Crippen LogP contribution in [-0.2, 0) is 26.1 Å².